The molecule has 2 aromatic carbocycles. The van der Waals surface area contributed by atoms with Gasteiger partial charge in [-0.2, -0.15) is 5.26 Å². The average molecular weight is 296 g/mol. The molecule has 0 N–H and O–H groups in total. The molecule has 0 heterocycles. The third-order valence-corrected chi connectivity index (χ3v) is 3.93. The standard InChI is InChI=1S/C17H16N2OS/c1-19(12-14-5-9-16(21-2)10-6-14)17(20)15-7-3-13(11-18)4-8-15/h3-10H,12H2,1-2H3. The highest BCUT2D eigenvalue weighted by Crippen LogP contribution is 2.16. The normalized spacial score (nSPS) is 9.95. The summed E-state index contributed by atoms with van der Waals surface area (Å²) in [5, 5.41) is 8.77. The van der Waals surface area contributed by atoms with Gasteiger partial charge in [-0.1, -0.05) is 12.1 Å². The summed E-state index contributed by atoms with van der Waals surface area (Å²) >= 11 is 1.70. The minimum absolute atomic E-state index is 0.0477. The van der Waals surface area contributed by atoms with Crippen LogP contribution in [-0.2, 0) is 6.54 Å². The topological polar surface area (TPSA) is 44.1 Å². The van der Waals surface area contributed by atoms with Crippen LogP contribution in [0.25, 0.3) is 0 Å². The molecule has 0 aromatic heterocycles. The van der Waals surface area contributed by atoms with Crippen LogP contribution in [0, 0.1) is 11.3 Å². The number of hydrogen-bond donors (Lipinski definition) is 0. The van der Waals surface area contributed by atoms with E-state index in [0.717, 1.165) is 5.56 Å². The number of amides is 1. The molecular formula is C17H16N2OS. The summed E-state index contributed by atoms with van der Waals surface area (Å²) in [6.07, 6.45) is 2.04. The van der Waals surface area contributed by atoms with Crippen molar-refractivity contribution in [1.29, 1.82) is 5.26 Å². The zero-order valence-electron chi connectivity index (χ0n) is 12.0. The smallest absolute Gasteiger partial charge is 0.253 e. The molecule has 0 saturated heterocycles. The van der Waals surface area contributed by atoms with E-state index in [1.165, 1.54) is 4.90 Å². The fourth-order valence-corrected chi connectivity index (χ4v) is 2.39. The predicted octanol–water partition coefficient (Wildman–Crippen LogP) is 3.55. The number of nitrogens with zero attached hydrogens (tertiary/aromatic N) is 2. The third-order valence-electron chi connectivity index (χ3n) is 3.19. The lowest BCUT2D eigenvalue weighted by Crippen LogP contribution is -2.26. The summed E-state index contributed by atoms with van der Waals surface area (Å²) in [4.78, 5) is 15.2. The monoisotopic (exact) mass is 296 g/mol. The van der Waals surface area contributed by atoms with Crippen molar-refractivity contribution in [1.82, 2.24) is 4.90 Å². The van der Waals surface area contributed by atoms with Crippen molar-refractivity contribution in [2.45, 2.75) is 11.4 Å². The van der Waals surface area contributed by atoms with Gasteiger partial charge >= 0.3 is 0 Å². The molecule has 2 rings (SSSR count). The van der Waals surface area contributed by atoms with Gasteiger partial charge in [0.1, 0.15) is 0 Å². The molecule has 0 spiro atoms. The van der Waals surface area contributed by atoms with Crippen molar-refractivity contribution in [3.05, 3.63) is 65.2 Å². The van der Waals surface area contributed by atoms with Crippen LogP contribution in [0.3, 0.4) is 0 Å². The summed E-state index contributed by atoms with van der Waals surface area (Å²) in [7, 11) is 1.78. The molecule has 0 bridgehead atoms. The molecule has 0 fully saturated rings. The number of carbonyl (C=O) groups is 1. The zero-order valence-corrected chi connectivity index (χ0v) is 12.9. The molecule has 4 heteroatoms. The van der Waals surface area contributed by atoms with Gasteiger partial charge in [-0.3, -0.25) is 4.79 Å². The molecule has 1 amide bonds. The van der Waals surface area contributed by atoms with Gasteiger partial charge in [0.25, 0.3) is 5.91 Å². The molecule has 106 valence electrons. The number of carbonyl (C=O) groups excluding carboxylic acids is 1. The van der Waals surface area contributed by atoms with E-state index in [0.29, 0.717) is 17.7 Å². The number of nitriles is 1. The fourth-order valence-electron chi connectivity index (χ4n) is 1.98. The molecule has 0 unspecified atom stereocenters. The van der Waals surface area contributed by atoms with E-state index in [1.54, 1.807) is 48.0 Å². The Morgan fingerprint density at radius 2 is 1.76 bits per heavy atom. The molecule has 0 aliphatic carbocycles. The lowest BCUT2D eigenvalue weighted by molar-refractivity contribution is 0.0785. The van der Waals surface area contributed by atoms with Gasteiger partial charge in [-0.15, -0.1) is 11.8 Å². The Bertz CT molecular complexity index is 657. The first kappa shape index (κ1) is 15.1. The van der Waals surface area contributed by atoms with Crippen molar-refractivity contribution < 1.29 is 4.79 Å². The molecule has 0 aliphatic rings. The van der Waals surface area contributed by atoms with E-state index < -0.39 is 0 Å². The van der Waals surface area contributed by atoms with E-state index in [1.807, 2.05) is 24.5 Å². The van der Waals surface area contributed by atoms with Crippen LogP contribution in [0.5, 0.6) is 0 Å². The Morgan fingerprint density at radius 1 is 1.14 bits per heavy atom. The minimum atomic E-state index is -0.0477. The number of rotatable bonds is 4. The Kier molecular flexibility index (Phi) is 5.02. The molecule has 0 aliphatic heterocycles. The van der Waals surface area contributed by atoms with Crippen molar-refractivity contribution in [2.75, 3.05) is 13.3 Å². The molecule has 3 nitrogen and oxygen atoms in total. The van der Waals surface area contributed by atoms with Gasteiger partial charge < -0.3 is 4.90 Å². The van der Waals surface area contributed by atoms with Crippen LogP contribution >= 0.6 is 11.8 Å². The Balaban J connectivity index is 2.05. The number of thioether (sulfide) groups is 1. The largest absolute Gasteiger partial charge is 0.337 e. The van der Waals surface area contributed by atoms with Crippen LogP contribution in [0.4, 0.5) is 0 Å². The maximum atomic E-state index is 12.3. The number of hydrogen-bond acceptors (Lipinski definition) is 3. The van der Waals surface area contributed by atoms with Gasteiger partial charge in [-0.05, 0) is 48.2 Å². The molecule has 0 saturated carbocycles. The van der Waals surface area contributed by atoms with E-state index >= 15 is 0 Å². The minimum Gasteiger partial charge on any atom is -0.337 e. The Morgan fingerprint density at radius 3 is 2.29 bits per heavy atom. The quantitative estimate of drug-likeness (QED) is 0.810. The average Bonchev–Trinajstić information content (AvgIpc) is 2.55. The summed E-state index contributed by atoms with van der Waals surface area (Å²) in [6, 6.07) is 16.9. The Hall–Kier alpha value is -2.25. The lowest BCUT2D eigenvalue weighted by atomic mass is 10.1. The van der Waals surface area contributed by atoms with Gasteiger partial charge in [0.2, 0.25) is 0 Å². The summed E-state index contributed by atoms with van der Waals surface area (Å²) in [6.45, 7) is 0.563. The molecule has 0 atom stereocenters. The van der Waals surface area contributed by atoms with Crippen molar-refractivity contribution in [2.24, 2.45) is 0 Å². The highest BCUT2D eigenvalue weighted by Gasteiger charge is 2.11. The predicted molar refractivity (Wildman–Crippen MR) is 85.2 cm³/mol. The van der Waals surface area contributed by atoms with E-state index in [9.17, 15) is 4.79 Å². The van der Waals surface area contributed by atoms with Crippen LogP contribution in [-0.4, -0.2) is 24.1 Å². The van der Waals surface area contributed by atoms with Gasteiger partial charge in [-0.25, -0.2) is 0 Å². The van der Waals surface area contributed by atoms with Crippen molar-refractivity contribution in [3.63, 3.8) is 0 Å². The van der Waals surface area contributed by atoms with E-state index in [-0.39, 0.29) is 5.91 Å². The van der Waals surface area contributed by atoms with Gasteiger partial charge in [0, 0.05) is 24.1 Å². The molecule has 2 aromatic rings. The second-order valence-corrected chi connectivity index (χ2v) is 5.58. The molecule has 21 heavy (non-hydrogen) atoms. The summed E-state index contributed by atoms with van der Waals surface area (Å²) < 4.78 is 0. The first-order chi connectivity index (χ1) is 10.1. The molecule has 0 radical (unpaired) electrons. The summed E-state index contributed by atoms with van der Waals surface area (Å²) in [5.74, 6) is -0.0477. The highest BCUT2D eigenvalue weighted by molar-refractivity contribution is 7.98. The van der Waals surface area contributed by atoms with Crippen LogP contribution in [0.1, 0.15) is 21.5 Å². The lowest BCUT2D eigenvalue weighted by Gasteiger charge is -2.17. The van der Waals surface area contributed by atoms with E-state index in [2.05, 4.69) is 12.1 Å². The zero-order chi connectivity index (χ0) is 15.2. The van der Waals surface area contributed by atoms with Gasteiger partial charge in [0.15, 0.2) is 0 Å². The number of benzene rings is 2. The second kappa shape index (κ2) is 6.96. The fraction of sp³-hybridized carbons (Fsp3) is 0.176. The van der Waals surface area contributed by atoms with Crippen LogP contribution in [0.15, 0.2) is 53.4 Å². The summed E-state index contributed by atoms with van der Waals surface area (Å²) in [5.41, 5.74) is 2.25. The van der Waals surface area contributed by atoms with E-state index in [4.69, 9.17) is 5.26 Å². The third kappa shape index (κ3) is 3.87. The SMILES string of the molecule is CSc1ccc(CN(C)C(=O)c2ccc(C#N)cc2)cc1. The van der Waals surface area contributed by atoms with Crippen LogP contribution < -0.4 is 0 Å². The van der Waals surface area contributed by atoms with Gasteiger partial charge in [0.05, 0.1) is 11.6 Å². The second-order valence-electron chi connectivity index (χ2n) is 4.70. The molecular weight excluding hydrogens is 280 g/mol. The van der Waals surface area contributed by atoms with Crippen LogP contribution in [0.2, 0.25) is 0 Å². The maximum absolute atomic E-state index is 12.3. The van der Waals surface area contributed by atoms with Crippen molar-refractivity contribution in [3.8, 4) is 6.07 Å². The first-order valence-corrected chi connectivity index (χ1v) is 7.75. The Labute approximate surface area is 129 Å². The maximum Gasteiger partial charge on any atom is 0.253 e. The van der Waals surface area contributed by atoms with Crippen molar-refractivity contribution >= 4 is 17.7 Å². The highest BCUT2D eigenvalue weighted by atomic mass is 32.2. The first-order valence-electron chi connectivity index (χ1n) is 6.52.